The molecule has 0 saturated heterocycles. The van der Waals surface area contributed by atoms with E-state index in [1.54, 1.807) is 0 Å². The molecule has 0 fully saturated rings. The van der Waals surface area contributed by atoms with Crippen LogP contribution in [0.2, 0.25) is 0 Å². The number of benzene rings is 3. The molecule has 0 aliphatic carbocycles. The van der Waals surface area contributed by atoms with Gasteiger partial charge in [0.1, 0.15) is 5.04 Å². The summed E-state index contributed by atoms with van der Waals surface area (Å²) in [6.45, 7) is 1.94. The van der Waals surface area contributed by atoms with E-state index in [-0.39, 0.29) is 28.1 Å². The molecule has 2 aliphatic rings. The average molecular weight is 582 g/mol. The number of alkyl halides is 3. The monoisotopic (exact) mass is 581 g/mol. The fraction of sp³-hybridized carbons (Fsp3) is 0.111. The van der Waals surface area contributed by atoms with Crippen LogP contribution in [0.5, 0.6) is 17.2 Å². The van der Waals surface area contributed by atoms with Crippen LogP contribution in [0, 0.1) is 22.4 Å². The number of methoxy groups -OCH3 is 1. The second kappa shape index (κ2) is 10.5. The van der Waals surface area contributed by atoms with Gasteiger partial charge < -0.3 is 9.47 Å². The van der Waals surface area contributed by atoms with Gasteiger partial charge in [-0.2, -0.15) is 28.3 Å². The Hall–Kier alpha value is -4.98. The highest BCUT2D eigenvalue weighted by molar-refractivity contribution is 8.27. The van der Waals surface area contributed by atoms with Crippen LogP contribution in [0.3, 0.4) is 0 Å². The second-order valence-corrected chi connectivity index (χ2v) is 9.70. The van der Waals surface area contributed by atoms with Crippen LogP contribution in [-0.2, 0) is 11.0 Å². The molecule has 2 heterocycles. The van der Waals surface area contributed by atoms with Crippen LogP contribution in [0.1, 0.15) is 22.3 Å². The number of amidine groups is 2. The van der Waals surface area contributed by atoms with Gasteiger partial charge in [-0.1, -0.05) is 29.8 Å². The zero-order valence-electron chi connectivity index (χ0n) is 21.2. The summed E-state index contributed by atoms with van der Waals surface area (Å²) in [5, 5.41) is 26.6. The SMILES string of the molecule is COc1cc(C=C2C(=N)N3N=C(c4cccc(C)c4)SC3=NC2=O)ccc1Oc1ccc(C(F)(F)F)cc1[N+](=O)[O-]. The van der Waals surface area contributed by atoms with E-state index in [4.69, 9.17) is 14.9 Å². The molecule has 3 aromatic rings. The number of fused-ring (bicyclic) bond motifs is 1. The summed E-state index contributed by atoms with van der Waals surface area (Å²) in [6, 6.07) is 13.8. The lowest BCUT2D eigenvalue weighted by molar-refractivity contribution is -0.385. The number of aryl methyl sites for hydroxylation is 1. The van der Waals surface area contributed by atoms with Crippen molar-refractivity contribution in [2.75, 3.05) is 7.11 Å². The Bertz CT molecular complexity index is 1720. The molecule has 14 heteroatoms. The molecule has 0 unspecified atom stereocenters. The predicted molar refractivity (Wildman–Crippen MR) is 146 cm³/mol. The van der Waals surface area contributed by atoms with Gasteiger partial charge in [0.05, 0.1) is 23.2 Å². The molecule has 41 heavy (non-hydrogen) atoms. The fourth-order valence-corrected chi connectivity index (χ4v) is 4.84. The minimum atomic E-state index is -4.77. The first-order chi connectivity index (χ1) is 19.4. The number of amides is 1. The van der Waals surface area contributed by atoms with Crippen molar-refractivity contribution in [3.8, 4) is 17.2 Å². The molecule has 10 nitrogen and oxygen atoms in total. The summed E-state index contributed by atoms with van der Waals surface area (Å²) >= 11 is 1.18. The molecule has 0 spiro atoms. The number of carbonyl (C=O) groups is 1. The van der Waals surface area contributed by atoms with Gasteiger partial charge in [0.15, 0.2) is 17.3 Å². The summed E-state index contributed by atoms with van der Waals surface area (Å²) in [5.74, 6) is -1.20. The quantitative estimate of drug-likeness (QED) is 0.203. The van der Waals surface area contributed by atoms with Gasteiger partial charge in [-0.25, -0.2) is 0 Å². The summed E-state index contributed by atoms with van der Waals surface area (Å²) in [7, 11) is 1.30. The summed E-state index contributed by atoms with van der Waals surface area (Å²) in [6.07, 6.45) is -3.37. The highest BCUT2D eigenvalue weighted by atomic mass is 32.2. The number of nitrogens with zero attached hydrogens (tertiary/aromatic N) is 4. The maximum atomic E-state index is 13.0. The van der Waals surface area contributed by atoms with Gasteiger partial charge in [0, 0.05) is 11.6 Å². The fourth-order valence-electron chi connectivity index (χ4n) is 3.95. The van der Waals surface area contributed by atoms with E-state index >= 15 is 0 Å². The highest BCUT2D eigenvalue weighted by Crippen LogP contribution is 2.40. The molecule has 0 bridgehead atoms. The van der Waals surface area contributed by atoms with Crippen LogP contribution in [0.25, 0.3) is 6.08 Å². The third kappa shape index (κ3) is 5.54. The lowest BCUT2D eigenvalue weighted by Crippen LogP contribution is -2.35. The first-order valence-electron chi connectivity index (χ1n) is 11.7. The number of carbonyl (C=O) groups excluding carboxylic acids is 1. The molecule has 3 aromatic carbocycles. The number of aliphatic imine (C=N–C) groups is 1. The van der Waals surface area contributed by atoms with Crippen molar-refractivity contribution in [1.82, 2.24) is 5.01 Å². The van der Waals surface area contributed by atoms with E-state index in [0.29, 0.717) is 22.7 Å². The number of ether oxygens (including phenoxy) is 2. The Morgan fingerprint density at radius 3 is 2.51 bits per heavy atom. The van der Waals surface area contributed by atoms with Crippen LogP contribution < -0.4 is 9.47 Å². The topological polar surface area (TPSA) is 130 Å². The van der Waals surface area contributed by atoms with E-state index in [0.717, 1.165) is 17.2 Å². The van der Waals surface area contributed by atoms with Crippen molar-refractivity contribution < 1.29 is 32.4 Å². The van der Waals surface area contributed by atoms with E-state index in [2.05, 4.69) is 10.1 Å². The zero-order chi connectivity index (χ0) is 29.5. The number of nitro groups is 1. The number of halogens is 3. The molecular weight excluding hydrogens is 563 g/mol. The molecule has 1 amide bonds. The summed E-state index contributed by atoms with van der Waals surface area (Å²) in [5.41, 5.74) is 0.139. The normalized spacial score (nSPS) is 15.9. The molecule has 0 radical (unpaired) electrons. The van der Waals surface area contributed by atoms with E-state index < -0.39 is 34.0 Å². The lowest BCUT2D eigenvalue weighted by atomic mass is 10.1. The van der Waals surface area contributed by atoms with Gasteiger partial charge in [-0.05, 0) is 60.7 Å². The Labute approximate surface area is 234 Å². The van der Waals surface area contributed by atoms with Crippen molar-refractivity contribution in [2.24, 2.45) is 10.1 Å². The number of hydrazone groups is 1. The van der Waals surface area contributed by atoms with Crippen molar-refractivity contribution in [3.05, 3.63) is 98.6 Å². The van der Waals surface area contributed by atoms with Crippen LogP contribution in [0.4, 0.5) is 18.9 Å². The van der Waals surface area contributed by atoms with Crippen molar-refractivity contribution in [2.45, 2.75) is 13.1 Å². The van der Waals surface area contributed by atoms with Crippen molar-refractivity contribution >= 4 is 45.5 Å². The van der Waals surface area contributed by atoms with E-state index in [1.165, 1.54) is 48.2 Å². The Morgan fingerprint density at radius 1 is 1.07 bits per heavy atom. The van der Waals surface area contributed by atoms with Crippen LogP contribution in [0.15, 0.2) is 76.3 Å². The Kier molecular flexibility index (Phi) is 7.09. The van der Waals surface area contributed by atoms with Crippen LogP contribution >= 0.6 is 11.8 Å². The molecular formula is C27H18F3N5O5S. The minimum absolute atomic E-state index is 0.0220. The van der Waals surface area contributed by atoms with Crippen molar-refractivity contribution in [1.29, 1.82) is 5.41 Å². The Balaban J connectivity index is 1.43. The second-order valence-electron chi connectivity index (χ2n) is 8.74. The maximum absolute atomic E-state index is 13.0. The van der Waals surface area contributed by atoms with Gasteiger partial charge in [0.2, 0.25) is 10.9 Å². The molecule has 208 valence electrons. The summed E-state index contributed by atoms with van der Waals surface area (Å²) < 4.78 is 50.0. The number of nitro benzene ring substituents is 1. The predicted octanol–water partition coefficient (Wildman–Crippen LogP) is 6.39. The van der Waals surface area contributed by atoms with Crippen molar-refractivity contribution in [3.63, 3.8) is 0 Å². The smallest absolute Gasteiger partial charge is 0.416 e. The average Bonchev–Trinajstić information content (AvgIpc) is 3.35. The first kappa shape index (κ1) is 27.6. The third-order valence-electron chi connectivity index (χ3n) is 5.92. The first-order valence-corrected chi connectivity index (χ1v) is 12.5. The molecule has 0 aromatic heterocycles. The number of rotatable bonds is 6. The number of thioether (sulfide) groups is 1. The molecule has 0 atom stereocenters. The third-order valence-corrected chi connectivity index (χ3v) is 6.88. The highest BCUT2D eigenvalue weighted by Gasteiger charge is 2.36. The summed E-state index contributed by atoms with van der Waals surface area (Å²) in [4.78, 5) is 27.3. The standard InChI is InChI=1S/C27H18F3N5O5S/c1-14-4-3-5-16(10-14)25-33-34-23(31)18(24(36)32-26(34)41-25)11-15-6-8-21(22(12-15)39-2)40-20-9-7-17(27(28,29)30)13-19(20)35(37)38/h3-13,31H,1-2H3. The molecule has 1 N–H and O–H groups in total. The molecule has 0 saturated carbocycles. The largest absolute Gasteiger partial charge is 0.493 e. The van der Waals surface area contributed by atoms with Gasteiger partial charge in [-0.3, -0.25) is 20.3 Å². The maximum Gasteiger partial charge on any atom is 0.416 e. The minimum Gasteiger partial charge on any atom is -0.493 e. The van der Waals surface area contributed by atoms with Gasteiger partial charge in [0.25, 0.3) is 5.91 Å². The van der Waals surface area contributed by atoms with Crippen LogP contribution in [-0.4, -0.2) is 39.0 Å². The lowest BCUT2D eigenvalue weighted by Gasteiger charge is -2.20. The molecule has 5 rings (SSSR count). The zero-order valence-corrected chi connectivity index (χ0v) is 22.0. The number of hydrogen-bond acceptors (Lipinski definition) is 8. The molecule has 2 aliphatic heterocycles. The van der Waals surface area contributed by atoms with E-state index in [1.807, 2.05) is 31.2 Å². The number of nitrogens with one attached hydrogen (secondary N) is 1. The van der Waals surface area contributed by atoms with Gasteiger partial charge >= 0.3 is 11.9 Å². The Morgan fingerprint density at radius 2 is 1.83 bits per heavy atom. The van der Waals surface area contributed by atoms with E-state index in [9.17, 15) is 28.1 Å². The number of hydrogen-bond donors (Lipinski definition) is 1. The van der Waals surface area contributed by atoms with Gasteiger partial charge in [-0.15, -0.1) is 0 Å².